The van der Waals surface area contributed by atoms with E-state index >= 15 is 0 Å². The van der Waals surface area contributed by atoms with Gasteiger partial charge in [0, 0.05) is 11.7 Å². The zero-order valence-corrected chi connectivity index (χ0v) is 17.1. The summed E-state index contributed by atoms with van der Waals surface area (Å²) in [6.45, 7) is 1.79. The number of nitrogens with zero attached hydrogens (tertiary/aromatic N) is 1. The lowest BCUT2D eigenvalue weighted by atomic mass is 10.1. The molecule has 0 aromatic heterocycles. The van der Waals surface area contributed by atoms with Gasteiger partial charge in [0.25, 0.3) is 5.91 Å². The number of carbonyl (C=O) groups is 2. The van der Waals surface area contributed by atoms with Gasteiger partial charge in [0.1, 0.15) is 23.7 Å². The SMILES string of the molecule is C[C@@H]1Cc2ccccc2N1C(=O)COC(=O)c1ccccc1OCc1ccc(F)cc1. The maximum atomic E-state index is 13.1. The number of hydrogen-bond acceptors (Lipinski definition) is 4. The van der Waals surface area contributed by atoms with E-state index in [9.17, 15) is 14.0 Å². The fourth-order valence-electron chi connectivity index (χ4n) is 3.72. The first-order chi connectivity index (χ1) is 15.0. The number of anilines is 1. The predicted molar refractivity (Wildman–Crippen MR) is 115 cm³/mol. The molecular weight excluding hydrogens is 397 g/mol. The summed E-state index contributed by atoms with van der Waals surface area (Å²) in [5, 5.41) is 0. The molecule has 0 saturated carbocycles. The summed E-state index contributed by atoms with van der Waals surface area (Å²) in [6, 6.07) is 20.3. The van der Waals surface area contributed by atoms with Gasteiger partial charge in [0.2, 0.25) is 0 Å². The number of benzene rings is 3. The van der Waals surface area contributed by atoms with Gasteiger partial charge < -0.3 is 14.4 Å². The van der Waals surface area contributed by atoms with Gasteiger partial charge in [-0.05, 0) is 54.8 Å². The molecule has 0 spiro atoms. The Morgan fingerprint density at radius 3 is 2.52 bits per heavy atom. The van der Waals surface area contributed by atoms with Crippen molar-refractivity contribution in [1.82, 2.24) is 0 Å². The molecule has 1 heterocycles. The van der Waals surface area contributed by atoms with Gasteiger partial charge in [0.15, 0.2) is 6.61 Å². The third kappa shape index (κ3) is 4.58. The number of esters is 1. The number of para-hydroxylation sites is 2. The van der Waals surface area contributed by atoms with E-state index < -0.39 is 5.97 Å². The number of halogens is 1. The Morgan fingerprint density at radius 1 is 1.00 bits per heavy atom. The second kappa shape index (κ2) is 9.00. The minimum absolute atomic E-state index is 0.00920. The van der Waals surface area contributed by atoms with Gasteiger partial charge >= 0.3 is 5.97 Å². The van der Waals surface area contributed by atoms with Crippen molar-refractivity contribution >= 4 is 17.6 Å². The number of ether oxygens (including phenoxy) is 2. The van der Waals surface area contributed by atoms with Crippen LogP contribution in [0.2, 0.25) is 0 Å². The van der Waals surface area contributed by atoms with Crippen molar-refractivity contribution in [3.8, 4) is 5.75 Å². The van der Waals surface area contributed by atoms with Crippen molar-refractivity contribution in [3.05, 3.63) is 95.3 Å². The monoisotopic (exact) mass is 419 g/mol. The molecule has 0 saturated heterocycles. The highest BCUT2D eigenvalue weighted by Crippen LogP contribution is 2.32. The Kier molecular flexibility index (Phi) is 5.98. The second-order valence-electron chi connectivity index (χ2n) is 7.43. The molecule has 1 aliphatic heterocycles. The standard InChI is InChI=1S/C25H22FNO4/c1-17-14-19-6-2-4-8-22(19)27(17)24(28)16-31-25(29)21-7-3-5-9-23(21)30-15-18-10-12-20(26)13-11-18/h2-13,17H,14-16H2,1H3/t17-/m1/s1. The Hall–Kier alpha value is -3.67. The van der Waals surface area contributed by atoms with E-state index in [2.05, 4.69) is 0 Å². The van der Waals surface area contributed by atoms with Crippen LogP contribution in [0.5, 0.6) is 5.75 Å². The summed E-state index contributed by atoms with van der Waals surface area (Å²) in [5.41, 5.74) is 2.96. The van der Waals surface area contributed by atoms with Crippen LogP contribution < -0.4 is 9.64 Å². The molecule has 1 atom stereocenters. The van der Waals surface area contributed by atoms with Crippen LogP contribution in [0, 0.1) is 5.82 Å². The highest BCUT2D eigenvalue weighted by Gasteiger charge is 2.31. The first-order valence-electron chi connectivity index (χ1n) is 10.1. The molecule has 31 heavy (non-hydrogen) atoms. The number of rotatable bonds is 6. The van der Waals surface area contributed by atoms with E-state index in [1.54, 1.807) is 41.3 Å². The molecule has 0 unspecified atom stereocenters. The zero-order chi connectivity index (χ0) is 21.8. The smallest absolute Gasteiger partial charge is 0.342 e. The fourth-order valence-corrected chi connectivity index (χ4v) is 3.72. The maximum absolute atomic E-state index is 13.1. The fraction of sp³-hybridized carbons (Fsp3) is 0.200. The lowest BCUT2D eigenvalue weighted by molar-refractivity contribution is -0.122. The summed E-state index contributed by atoms with van der Waals surface area (Å²) in [5.74, 6) is -0.893. The Labute approximate surface area is 180 Å². The summed E-state index contributed by atoms with van der Waals surface area (Å²) in [6.07, 6.45) is 0.774. The lowest BCUT2D eigenvalue weighted by Gasteiger charge is -2.22. The molecule has 0 N–H and O–H groups in total. The molecule has 158 valence electrons. The minimum atomic E-state index is -0.636. The Balaban J connectivity index is 1.40. The molecule has 5 nitrogen and oxygen atoms in total. The summed E-state index contributed by atoms with van der Waals surface area (Å²) >= 11 is 0. The first kappa shape index (κ1) is 20.6. The van der Waals surface area contributed by atoms with E-state index in [1.165, 1.54) is 12.1 Å². The number of fused-ring (bicyclic) bond motifs is 1. The normalized spacial score (nSPS) is 14.8. The molecule has 4 rings (SSSR count). The van der Waals surface area contributed by atoms with Crippen molar-refractivity contribution in [2.24, 2.45) is 0 Å². The molecular formula is C25H22FNO4. The van der Waals surface area contributed by atoms with Crippen LogP contribution in [-0.2, 0) is 22.6 Å². The van der Waals surface area contributed by atoms with Crippen LogP contribution in [0.3, 0.4) is 0 Å². The summed E-state index contributed by atoms with van der Waals surface area (Å²) in [4.78, 5) is 27.1. The van der Waals surface area contributed by atoms with Crippen LogP contribution in [0.4, 0.5) is 10.1 Å². The molecule has 6 heteroatoms. The van der Waals surface area contributed by atoms with Gasteiger partial charge in [-0.15, -0.1) is 0 Å². The minimum Gasteiger partial charge on any atom is -0.488 e. The molecule has 3 aromatic carbocycles. The average Bonchev–Trinajstić information content (AvgIpc) is 3.13. The van der Waals surface area contributed by atoms with Crippen molar-refractivity contribution in [2.75, 3.05) is 11.5 Å². The predicted octanol–water partition coefficient (Wildman–Crippen LogP) is 4.54. The van der Waals surface area contributed by atoms with Gasteiger partial charge in [0.05, 0.1) is 0 Å². The average molecular weight is 419 g/mol. The van der Waals surface area contributed by atoms with Crippen LogP contribution in [0.1, 0.15) is 28.4 Å². The van der Waals surface area contributed by atoms with E-state index in [0.717, 1.165) is 23.2 Å². The maximum Gasteiger partial charge on any atom is 0.342 e. The van der Waals surface area contributed by atoms with Crippen molar-refractivity contribution in [2.45, 2.75) is 26.0 Å². The Morgan fingerprint density at radius 2 is 1.71 bits per heavy atom. The first-order valence-corrected chi connectivity index (χ1v) is 10.1. The van der Waals surface area contributed by atoms with E-state index in [4.69, 9.17) is 9.47 Å². The van der Waals surface area contributed by atoms with E-state index in [0.29, 0.717) is 5.75 Å². The molecule has 0 fully saturated rings. The molecule has 1 amide bonds. The second-order valence-corrected chi connectivity index (χ2v) is 7.43. The number of hydrogen-bond donors (Lipinski definition) is 0. The highest BCUT2D eigenvalue weighted by atomic mass is 19.1. The van der Waals surface area contributed by atoms with Crippen molar-refractivity contribution < 1.29 is 23.5 Å². The highest BCUT2D eigenvalue weighted by molar-refractivity contribution is 5.99. The number of amides is 1. The third-order valence-electron chi connectivity index (χ3n) is 5.22. The number of carbonyl (C=O) groups excluding carboxylic acids is 2. The topological polar surface area (TPSA) is 55.8 Å². The molecule has 1 aliphatic rings. The van der Waals surface area contributed by atoms with Crippen LogP contribution in [0.25, 0.3) is 0 Å². The van der Waals surface area contributed by atoms with Crippen LogP contribution >= 0.6 is 0 Å². The molecule has 0 aliphatic carbocycles. The van der Waals surface area contributed by atoms with Crippen molar-refractivity contribution in [3.63, 3.8) is 0 Å². The van der Waals surface area contributed by atoms with E-state index in [1.807, 2.05) is 31.2 Å². The van der Waals surface area contributed by atoms with Gasteiger partial charge in [-0.1, -0.05) is 42.5 Å². The lowest BCUT2D eigenvalue weighted by Crippen LogP contribution is -2.38. The summed E-state index contributed by atoms with van der Waals surface area (Å²) in [7, 11) is 0. The van der Waals surface area contributed by atoms with Crippen LogP contribution in [-0.4, -0.2) is 24.5 Å². The largest absolute Gasteiger partial charge is 0.488 e. The third-order valence-corrected chi connectivity index (χ3v) is 5.22. The molecule has 0 radical (unpaired) electrons. The molecule has 3 aromatic rings. The quantitative estimate of drug-likeness (QED) is 0.551. The summed E-state index contributed by atoms with van der Waals surface area (Å²) < 4.78 is 24.1. The van der Waals surface area contributed by atoms with Crippen LogP contribution in [0.15, 0.2) is 72.8 Å². The Bertz CT molecular complexity index is 1100. The van der Waals surface area contributed by atoms with Gasteiger partial charge in [-0.3, -0.25) is 4.79 Å². The van der Waals surface area contributed by atoms with Crippen molar-refractivity contribution in [1.29, 1.82) is 0 Å². The molecule has 0 bridgehead atoms. The van der Waals surface area contributed by atoms with E-state index in [-0.39, 0.29) is 36.5 Å². The zero-order valence-electron chi connectivity index (χ0n) is 17.1. The van der Waals surface area contributed by atoms with Gasteiger partial charge in [-0.2, -0.15) is 0 Å². The van der Waals surface area contributed by atoms with Gasteiger partial charge in [-0.25, -0.2) is 9.18 Å².